The number of aromatic nitrogens is 3. The third-order valence-corrected chi connectivity index (χ3v) is 4.24. The fourth-order valence-electron chi connectivity index (χ4n) is 2.79. The number of halogens is 11. The van der Waals surface area contributed by atoms with E-state index in [4.69, 9.17) is 0 Å². The largest absolute Gasteiger partial charge is 0.436 e. The molecule has 0 amide bonds. The molecule has 0 aliphatic heterocycles. The first-order chi connectivity index (χ1) is 15.1. The number of hydrogen-bond acceptors (Lipinski definition) is 3. The molecule has 0 saturated carbocycles. The van der Waals surface area contributed by atoms with Crippen LogP contribution in [0.25, 0.3) is 5.69 Å². The van der Waals surface area contributed by atoms with Gasteiger partial charge in [-0.15, -0.1) is 0 Å². The first kappa shape index (κ1) is 23.9. The SMILES string of the molecule is Cc1[nH]n(-c2c(F)c(F)nc(C(F)(F)F)c2F)c(=O)c1C(=O)c1c(F)c(F)c(F)c(F)c1F. The van der Waals surface area contributed by atoms with E-state index in [1.807, 2.05) is 0 Å². The van der Waals surface area contributed by atoms with Crippen molar-refractivity contribution in [2.75, 3.05) is 0 Å². The molecular weight excluding hydrogens is 487 g/mol. The zero-order chi connectivity index (χ0) is 25.2. The number of ketones is 1. The Morgan fingerprint density at radius 1 is 0.788 bits per heavy atom. The lowest BCUT2D eigenvalue weighted by atomic mass is 10.0. The number of pyridine rings is 1. The number of aromatic amines is 1. The molecular formula is C17H4F11N3O2. The summed E-state index contributed by atoms with van der Waals surface area (Å²) in [5.41, 5.74) is -11.1. The molecule has 3 rings (SSSR count). The van der Waals surface area contributed by atoms with Crippen LogP contribution in [0, 0.1) is 53.6 Å². The van der Waals surface area contributed by atoms with E-state index in [1.165, 1.54) is 0 Å². The highest BCUT2D eigenvalue weighted by Crippen LogP contribution is 2.33. The third-order valence-electron chi connectivity index (χ3n) is 4.24. The Morgan fingerprint density at radius 3 is 1.76 bits per heavy atom. The molecule has 0 aliphatic rings. The van der Waals surface area contributed by atoms with Crippen LogP contribution in [0.4, 0.5) is 48.3 Å². The van der Waals surface area contributed by atoms with Gasteiger partial charge in [-0.2, -0.15) is 22.0 Å². The molecule has 0 fully saturated rings. The molecule has 0 atom stereocenters. The van der Waals surface area contributed by atoms with Gasteiger partial charge in [-0.1, -0.05) is 0 Å². The van der Waals surface area contributed by atoms with Gasteiger partial charge in [0, 0.05) is 5.69 Å². The average molecular weight is 491 g/mol. The number of nitrogens with zero attached hydrogens (tertiary/aromatic N) is 2. The summed E-state index contributed by atoms with van der Waals surface area (Å²) in [5, 5.41) is 1.68. The Labute approximate surface area is 173 Å². The van der Waals surface area contributed by atoms with Crippen molar-refractivity contribution in [1.29, 1.82) is 0 Å². The molecule has 0 radical (unpaired) electrons. The van der Waals surface area contributed by atoms with Gasteiger partial charge >= 0.3 is 6.18 Å². The minimum absolute atomic E-state index is 0.459. The second-order valence-corrected chi connectivity index (χ2v) is 6.25. The number of H-pyrrole nitrogens is 1. The Balaban J connectivity index is 2.33. The van der Waals surface area contributed by atoms with Crippen LogP contribution in [0.5, 0.6) is 0 Å². The number of carbonyl (C=O) groups excluding carboxylic acids is 1. The zero-order valence-electron chi connectivity index (χ0n) is 15.4. The average Bonchev–Trinajstić information content (AvgIpc) is 3.00. The number of alkyl halides is 3. The van der Waals surface area contributed by atoms with Gasteiger partial charge in [0.15, 0.2) is 34.8 Å². The molecule has 0 aliphatic carbocycles. The van der Waals surface area contributed by atoms with Crippen molar-refractivity contribution >= 4 is 5.78 Å². The molecule has 5 nitrogen and oxygen atoms in total. The predicted octanol–water partition coefficient (Wildman–Crippen LogP) is 4.23. The van der Waals surface area contributed by atoms with Gasteiger partial charge < -0.3 is 0 Å². The summed E-state index contributed by atoms with van der Waals surface area (Å²) in [6, 6.07) is 0. The van der Waals surface area contributed by atoms with Crippen molar-refractivity contribution in [2.45, 2.75) is 13.1 Å². The molecule has 0 unspecified atom stereocenters. The number of aryl methyl sites for hydroxylation is 1. The third kappa shape index (κ3) is 3.54. The van der Waals surface area contributed by atoms with E-state index in [0.717, 1.165) is 6.92 Å². The number of rotatable bonds is 3. The molecule has 2 heterocycles. The summed E-state index contributed by atoms with van der Waals surface area (Å²) < 4.78 is 148. The molecule has 1 N–H and O–H groups in total. The highest BCUT2D eigenvalue weighted by Gasteiger charge is 2.41. The van der Waals surface area contributed by atoms with Crippen molar-refractivity contribution in [3.05, 3.63) is 79.5 Å². The molecule has 0 bridgehead atoms. The molecule has 0 spiro atoms. The lowest BCUT2D eigenvalue weighted by Gasteiger charge is -2.12. The van der Waals surface area contributed by atoms with Crippen LogP contribution >= 0.6 is 0 Å². The van der Waals surface area contributed by atoms with E-state index in [2.05, 4.69) is 4.98 Å². The summed E-state index contributed by atoms with van der Waals surface area (Å²) in [6.45, 7) is 0.731. The van der Waals surface area contributed by atoms with Crippen molar-refractivity contribution in [2.24, 2.45) is 0 Å². The lowest BCUT2D eigenvalue weighted by Crippen LogP contribution is -2.26. The maximum Gasteiger partial charge on any atom is 0.436 e. The van der Waals surface area contributed by atoms with Crippen molar-refractivity contribution in [1.82, 2.24) is 14.8 Å². The summed E-state index contributed by atoms with van der Waals surface area (Å²) in [7, 11) is 0. The number of nitrogens with one attached hydrogen (secondary N) is 1. The molecule has 33 heavy (non-hydrogen) atoms. The molecule has 3 aromatic rings. The van der Waals surface area contributed by atoms with Gasteiger partial charge in [0.1, 0.15) is 16.8 Å². The smallest absolute Gasteiger partial charge is 0.294 e. The predicted molar refractivity (Wildman–Crippen MR) is 83.5 cm³/mol. The zero-order valence-corrected chi connectivity index (χ0v) is 15.4. The minimum Gasteiger partial charge on any atom is -0.294 e. The summed E-state index contributed by atoms with van der Waals surface area (Å²) in [4.78, 5) is 27.0. The highest BCUT2D eigenvalue weighted by molar-refractivity contribution is 6.10. The minimum atomic E-state index is -5.67. The van der Waals surface area contributed by atoms with Crippen LogP contribution in [0.3, 0.4) is 0 Å². The normalized spacial score (nSPS) is 11.9. The second kappa shape index (κ2) is 7.70. The quantitative estimate of drug-likeness (QED) is 0.196. The highest BCUT2D eigenvalue weighted by atomic mass is 19.4. The van der Waals surface area contributed by atoms with Crippen molar-refractivity contribution < 1.29 is 53.1 Å². The van der Waals surface area contributed by atoms with Gasteiger partial charge in [0.25, 0.3) is 11.5 Å². The summed E-state index contributed by atoms with van der Waals surface area (Å²) in [5.74, 6) is -22.8. The topological polar surface area (TPSA) is 67.8 Å². The summed E-state index contributed by atoms with van der Waals surface area (Å²) in [6.07, 6.45) is -5.67. The van der Waals surface area contributed by atoms with Crippen LogP contribution < -0.4 is 5.56 Å². The van der Waals surface area contributed by atoms with E-state index in [1.54, 1.807) is 5.10 Å². The molecule has 1 aromatic carbocycles. The van der Waals surface area contributed by atoms with Gasteiger partial charge in [0.2, 0.25) is 17.4 Å². The Kier molecular flexibility index (Phi) is 5.58. The molecule has 16 heteroatoms. The number of benzene rings is 1. The standard InChI is InChI=1S/C17H4F11N3O2/c1-2-3(13(32)4-5(18)7(20)9(22)8(21)6(4)19)16(33)31(30-2)12-10(23)14(17(26,27)28)29-15(25)11(12)24/h30H,1H3. The summed E-state index contributed by atoms with van der Waals surface area (Å²) >= 11 is 0. The Hall–Kier alpha value is -3.72. The van der Waals surface area contributed by atoms with E-state index >= 15 is 0 Å². The van der Waals surface area contributed by atoms with E-state index in [0.29, 0.717) is 0 Å². The number of carbonyl (C=O) groups is 1. The van der Waals surface area contributed by atoms with Crippen LogP contribution in [-0.2, 0) is 6.18 Å². The maximum absolute atomic E-state index is 14.3. The van der Waals surface area contributed by atoms with Crippen LogP contribution in [0.1, 0.15) is 27.3 Å². The Morgan fingerprint density at radius 2 is 1.27 bits per heavy atom. The monoisotopic (exact) mass is 491 g/mol. The fourth-order valence-corrected chi connectivity index (χ4v) is 2.79. The molecule has 2 aromatic heterocycles. The van der Waals surface area contributed by atoms with E-state index in [-0.39, 0.29) is 0 Å². The van der Waals surface area contributed by atoms with E-state index in [9.17, 15) is 57.9 Å². The van der Waals surface area contributed by atoms with Gasteiger partial charge in [-0.05, 0) is 6.92 Å². The number of hydrogen-bond donors (Lipinski definition) is 1. The molecule has 0 saturated heterocycles. The Bertz CT molecular complexity index is 1360. The van der Waals surface area contributed by atoms with Crippen molar-refractivity contribution in [3.63, 3.8) is 0 Å². The molecule has 176 valence electrons. The lowest BCUT2D eigenvalue weighted by molar-refractivity contribution is -0.144. The maximum atomic E-state index is 14.3. The van der Waals surface area contributed by atoms with Crippen molar-refractivity contribution in [3.8, 4) is 5.69 Å². The van der Waals surface area contributed by atoms with Gasteiger partial charge in [-0.3, -0.25) is 14.7 Å². The van der Waals surface area contributed by atoms with Crippen LogP contribution in [-0.4, -0.2) is 20.5 Å². The fraction of sp³-hybridized carbons (Fsp3) is 0.118. The van der Waals surface area contributed by atoms with Gasteiger partial charge in [-0.25, -0.2) is 36.0 Å². The van der Waals surface area contributed by atoms with Gasteiger partial charge in [0.05, 0.1) is 0 Å². The first-order valence-corrected chi connectivity index (χ1v) is 8.11. The second-order valence-electron chi connectivity index (χ2n) is 6.25. The first-order valence-electron chi connectivity index (χ1n) is 8.11. The van der Waals surface area contributed by atoms with Crippen LogP contribution in [0.15, 0.2) is 4.79 Å². The van der Waals surface area contributed by atoms with Crippen LogP contribution in [0.2, 0.25) is 0 Å². The van der Waals surface area contributed by atoms with E-state index < -0.39 is 97.1 Å².